The Morgan fingerprint density at radius 1 is 1.21 bits per heavy atom. The van der Waals surface area contributed by atoms with E-state index in [0.717, 1.165) is 37.1 Å². The molecule has 29 heavy (non-hydrogen) atoms. The van der Waals surface area contributed by atoms with E-state index in [0.29, 0.717) is 23.5 Å². The number of ether oxygens (including phenoxy) is 1. The van der Waals surface area contributed by atoms with Crippen LogP contribution in [0.25, 0.3) is 5.57 Å². The standard InChI is InChI=1S/C23H22F3NO2/c1-14-5-6-15-3-2-4-20(19(15)11-14)27-22(28)12-16-9-10-29-21-13-17(23(24,25)26)7-8-18(16)21/h2-4,7-8,12-14H,5-6,9-11H2,1H3,(H,27,28)/b16-12+/t14-/m1/s1. The van der Waals surface area contributed by atoms with Crippen LogP contribution in [0.3, 0.4) is 0 Å². The maximum absolute atomic E-state index is 12.9. The highest BCUT2D eigenvalue weighted by Crippen LogP contribution is 2.38. The monoisotopic (exact) mass is 401 g/mol. The number of aryl methyl sites for hydroxylation is 1. The van der Waals surface area contributed by atoms with Crippen molar-refractivity contribution in [1.82, 2.24) is 0 Å². The Labute approximate surface area is 167 Å². The van der Waals surface area contributed by atoms with Gasteiger partial charge in [-0.1, -0.05) is 25.1 Å². The molecule has 1 heterocycles. The third-order valence-corrected chi connectivity index (χ3v) is 5.58. The lowest BCUT2D eigenvalue weighted by molar-refractivity contribution is -0.137. The van der Waals surface area contributed by atoms with Crippen LogP contribution in [0.15, 0.2) is 42.5 Å². The highest BCUT2D eigenvalue weighted by Gasteiger charge is 2.32. The zero-order valence-corrected chi connectivity index (χ0v) is 16.1. The van der Waals surface area contributed by atoms with Crippen molar-refractivity contribution in [2.24, 2.45) is 5.92 Å². The third kappa shape index (κ3) is 4.16. The van der Waals surface area contributed by atoms with E-state index in [4.69, 9.17) is 4.74 Å². The Kier molecular flexibility index (Phi) is 5.11. The van der Waals surface area contributed by atoms with E-state index in [1.165, 1.54) is 23.3 Å². The molecule has 2 aromatic carbocycles. The molecule has 1 aliphatic heterocycles. The van der Waals surface area contributed by atoms with E-state index in [1.807, 2.05) is 12.1 Å². The van der Waals surface area contributed by atoms with Gasteiger partial charge in [-0.25, -0.2) is 0 Å². The van der Waals surface area contributed by atoms with Crippen LogP contribution in [0.5, 0.6) is 5.75 Å². The van der Waals surface area contributed by atoms with Crippen LogP contribution in [0.1, 0.15) is 42.0 Å². The van der Waals surface area contributed by atoms with Gasteiger partial charge in [-0.2, -0.15) is 13.2 Å². The van der Waals surface area contributed by atoms with E-state index in [-0.39, 0.29) is 18.3 Å². The molecule has 2 aliphatic rings. The molecule has 0 unspecified atom stereocenters. The second kappa shape index (κ2) is 7.58. The van der Waals surface area contributed by atoms with Gasteiger partial charge in [0, 0.05) is 23.7 Å². The Hall–Kier alpha value is -2.76. The van der Waals surface area contributed by atoms with Crippen molar-refractivity contribution in [3.63, 3.8) is 0 Å². The zero-order valence-electron chi connectivity index (χ0n) is 16.1. The summed E-state index contributed by atoms with van der Waals surface area (Å²) in [6, 6.07) is 9.34. The van der Waals surface area contributed by atoms with Gasteiger partial charge in [-0.15, -0.1) is 0 Å². The molecule has 2 aromatic rings. The van der Waals surface area contributed by atoms with Gasteiger partial charge in [0.1, 0.15) is 5.75 Å². The summed E-state index contributed by atoms with van der Waals surface area (Å²) in [6.45, 7) is 2.45. The van der Waals surface area contributed by atoms with Crippen LogP contribution in [0.2, 0.25) is 0 Å². The van der Waals surface area contributed by atoms with Gasteiger partial charge in [-0.3, -0.25) is 4.79 Å². The van der Waals surface area contributed by atoms with Gasteiger partial charge in [-0.05, 0) is 60.1 Å². The molecule has 4 rings (SSSR count). The first-order valence-electron chi connectivity index (χ1n) is 9.78. The number of rotatable bonds is 2. The Bertz CT molecular complexity index is 979. The van der Waals surface area contributed by atoms with Crippen molar-refractivity contribution in [2.45, 2.75) is 38.8 Å². The largest absolute Gasteiger partial charge is 0.493 e. The molecule has 0 aromatic heterocycles. The number of nitrogens with one attached hydrogen (secondary N) is 1. The van der Waals surface area contributed by atoms with Crippen LogP contribution in [-0.4, -0.2) is 12.5 Å². The number of hydrogen-bond acceptors (Lipinski definition) is 2. The number of amides is 1. The first-order valence-corrected chi connectivity index (χ1v) is 9.78. The van der Waals surface area contributed by atoms with Crippen molar-refractivity contribution in [1.29, 1.82) is 0 Å². The lowest BCUT2D eigenvalue weighted by Gasteiger charge is -2.24. The molecule has 3 nitrogen and oxygen atoms in total. The predicted octanol–water partition coefficient (Wildman–Crippen LogP) is 5.63. The topological polar surface area (TPSA) is 38.3 Å². The number of halogens is 3. The molecule has 1 N–H and O–H groups in total. The minimum Gasteiger partial charge on any atom is -0.493 e. The summed E-state index contributed by atoms with van der Waals surface area (Å²) in [6.07, 6.45) is 0.592. The zero-order chi connectivity index (χ0) is 20.6. The fraction of sp³-hybridized carbons (Fsp3) is 0.348. The van der Waals surface area contributed by atoms with Crippen molar-refractivity contribution < 1.29 is 22.7 Å². The van der Waals surface area contributed by atoms with E-state index in [9.17, 15) is 18.0 Å². The highest BCUT2D eigenvalue weighted by molar-refractivity contribution is 6.05. The van der Waals surface area contributed by atoms with Crippen molar-refractivity contribution in [2.75, 3.05) is 11.9 Å². The SMILES string of the molecule is C[C@@H]1CCc2cccc(NC(=O)/C=C3\CCOc4cc(C(F)(F)F)ccc43)c2C1. The number of fused-ring (bicyclic) bond motifs is 2. The van der Waals surface area contributed by atoms with Gasteiger partial charge < -0.3 is 10.1 Å². The summed E-state index contributed by atoms with van der Waals surface area (Å²) in [5.41, 5.74) is 3.71. The van der Waals surface area contributed by atoms with Crippen LogP contribution in [0.4, 0.5) is 18.9 Å². The maximum atomic E-state index is 12.9. The molecule has 0 bridgehead atoms. The molecule has 0 saturated carbocycles. The highest BCUT2D eigenvalue weighted by atomic mass is 19.4. The van der Waals surface area contributed by atoms with Crippen LogP contribution < -0.4 is 10.1 Å². The van der Waals surface area contributed by atoms with E-state index < -0.39 is 11.7 Å². The van der Waals surface area contributed by atoms with E-state index >= 15 is 0 Å². The van der Waals surface area contributed by atoms with Gasteiger partial charge in [0.05, 0.1) is 12.2 Å². The van der Waals surface area contributed by atoms with E-state index in [2.05, 4.69) is 18.3 Å². The molecule has 1 atom stereocenters. The first kappa shape index (κ1) is 19.6. The Balaban J connectivity index is 1.58. The van der Waals surface area contributed by atoms with Gasteiger partial charge in [0.2, 0.25) is 5.91 Å². The summed E-state index contributed by atoms with van der Waals surface area (Å²) in [7, 11) is 0. The molecule has 0 radical (unpaired) electrons. The summed E-state index contributed by atoms with van der Waals surface area (Å²) in [4.78, 5) is 12.7. The number of alkyl halides is 3. The quantitative estimate of drug-likeness (QED) is 0.662. The second-order valence-corrected chi connectivity index (χ2v) is 7.76. The van der Waals surface area contributed by atoms with Crippen LogP contribution in [0, 0.1) is 5.92 Å². The summed E-state index contributed by atoms with van der Waals surface area (Å²) < 4.78 is 44.2. The Morgan fingerprint density at radius 2 is 2.03 bits per heavy atom. The van der Waals surface area contributed by atoms with Gasteiger partial charge >= 0.3 is 6.18 Å². The predicted molar refractivity (Wildman–Crippen MR) is 106 cm³/mol. The minimum absolute atomic E-state index is 0.163. The molecule has 1 aliphatic carbocycles. The fourth-order valence-corrected chi connectivity index (χ4v) is 4.05. The minimum atomic E-state index is -4.43. The normalized spacial score (nSPS) is 19.9. The fourth-order valence-electron chi connectivity index (χ4n) is 4.05. The average Bonchev–Trinajstić information content (AvgIpc) is 2.67. The van der Waals surface area contributed by atoms with Gasteiger partial charge in [0.15, 0.2) is 0 Å². The molecular formula is C23H22F3NO2. The molecule has 0 spiro atoms. The number of hydrogen-bond donors (Lipinski definition) is 1. The summed E-state index contributed by atoms with van der Waals surface area (Å²) in [5.74, 6) is 0.458. The number of carbonyl (C=O) groups is 1. The molecule has 0 fully saturated rings. The molecule has 1 amide bonds. The van der Waals surface area contributed by atoms with Gasteiger partial charge in [0.25, 0.3) is 0 Å². The second-order valence-electron chi connectivity index (χ2n) is 7.76. The maximum Gasteiger partial charge on any atom is 0.416 e. The smallest absolute Gasteiger partial charge is 0.416 e. The van der Waals surface area contributed by atoms with Crippen molar-refractivity contribution in [3.8, 4) is 5.75 Å². The average molecular weight is 401 g/mol. The lowest BCUT2D eigenvalue weighted by Crippen LogP contribution is -2.17. The molecular weight excluding hydrogens is 379 g/mol. The van der Waals surface area contributed by atoms with Crippen molar-refractivity contribution in [3.05, 3.63) is 64.7 Å². The third-order valence-electron chi connectivity index (χ3n) is 5.58. The molecule has 6 heteroatoms. The lowest BCUT2D eigenvalue weighted by atomic mass is 9.84. The summed E-state index contributed by atoms with van der Waals surface area (Å²) in [5, 5.41) is 2.97. The van der Waals surface area contributed by atoms with E-state index in [1.54, 1.807) is 0 Å². The Morgan fingerprint density at radius 3 is 2.83 bits per heavy atom. The number of carbonyl (C=O) groups excluding carboxylic acids is 1. The molecule has 0 saturated heterocycles. The van der Waals surface area contributed by atoms with Crippen LogP contribution in [-0.2, 0) is 23.8 Å². The number of anilines is 1. The first-order chi connectivity index (χ1) is 13.8. The van der Waals surface area contributed by atoms with Crippen molar-refractivity contribution >= 4 is 17.2 Å². The number of benzene rings is 2. The van der Waals surface area contributed by atoms with Crippen LogP contribution >= 0.6 is 0 Å². The molecule has 152 valence electrons. The summed E-state index contributed by atoms with van der Waals surface area (Å²) >= 11 is 0.